The number of hydrogen-bond acceptors (Lipinski definition) is 5. The molecular weight excluding hydrogens is 498 g/mol. The van der Waals surface area contributed by atoms with Crippen molar-refractivity contribution in [1.82, 2.24) is 9.88 Å². The van der Waals surface area contributed by atoms with E-state index in [0.29, 0.717) is 32.5 Å². The van der Waals surface area contributed by atoms with Crippen molar-refractivity contribution in [3.05, 3.63) is 72.0 Å². The summed E-state index contributed by atoms with van der Waals surface area (Å²) >= 11 is 9.77. The van der Waals surface area contributed by atoms with Gasteiger partial charge in [0.2, 0.25) is 0 Å². The number of carbonyl (C=O) groups excluding carboxylic acids is 1. The number of benzene rings is 1. The molecule has 9 heteroatoms. The van der Waals surface area contributed by atoms with Gasteiger partial charge in [0.25, 0.3) is 5.69 Å². The molecule has 1 aliphatic heterocycles. The largest absolute Gasteiger partial charge is 0.450 e. The molecule has 1 saturated heterocycles. The monoisotopic (exact) mass is 519 g/mol. The standard InChI is InChI=1S/C23H23BrClN3O4/c1-2-32-23(29)27-8-6-14(7-9-27)21-18-12-20(28(30)31)19(25)11-15(18)4-3-5-16-10-17(24)13-26-22(16)21/h10-13H,2-9H2,1H3. The number of aryl methyl sites for hydroxylation is 2. The van der Waals surface area contributed by atoms with Crippen molar-refractivity contribution in [2.45, 2.75) is 39.0 Å². The number of likely N-dealkylation sites (tertiary alicyclic amines) is 1. The van der Waals surface area contributed by atoms with Crippen LogP contribution >= 0.6 is 27.5 Å². The van der Waals surface area contributed by atoms with E-state index >= 15 is 0 Å². The predicted molar refractivity (Wildman–Crippen MR) is 126 cm³/mol. The fourth-order valence-corrected chi connectivity index (χ4v) is 5.09. The second-order valence-corrected chi connectivity index (χ2v) is 9.22. The van der Waals surface area contributed by atoms with Gasteiger partial charge in [-0.05, 0) is 83.8 Å². The molecule has 0 saturated carbocycles. The highest BCUT2D eigenvalue weighted by Gasteiger charge is 2.28. The molecule has 0 radical (unpaired) electrons. The number of nitro benzene ring substituents is 1. The van der Waals surface area contributed by atoms with Crippen LogP contribution in [0.1, 0.15) is 48.6 Å². The van der Waals surface area contributed by atoms with Crippen molar-refractivity contribution in [3.63, 3.8) is 0 Å². The maximum Gasteiger partial charge on any atom is 0.409 e. The highest BCUT2D eigenvalue weighted by atomic mass is 79.9. The molecule has 0 unspecified atom stereocenters. The molecule has 1 aromatic heterocycles. The molecule has 0 bridgehead atoms. The van der Waals surface area contributed by atoms with Gasteiger partial charge in [-0.15, -0.1) is 0 Å². The van der Waals surface area contributed by atoms with Crippen molar-refractivity contribution in [3.8, 4) is 0 Å². The zero-order valence-corrected chi connectivity index (χ0v) is 20.0. The van der Waals surface area contributed by atoms with Gasteiger partial charge in [0, 0.05) is 35.4 Å². The minimum absolute atomic E-state index is 0.105. The van der Waals surface area contributed by atoms with Crippen molar-refractivity contribution in [2.75, 3.05) is 19.7 Å². The van der Waals surface area contributed by atoms with Crippen LogP contribution in [0, 0.1) is 10.1 Å². The summed E-state index contributed by atoms with van der Waals surface area (Å²) in [6, 6.07) is 5.40. The first-order valence-corrected chi connectivity index (χ1v) is 11.8. The first kappa shape index (κ1) is 22.7. The van der Waals surface area contributed by atoms with Crippen LogP contribution < -0.4 is 0 Å². The minimum atomic E-state index is -0.442. The van der Waals surface area contributed by atoms with Gasteiger partial charge < -0.3 is 9.64 Å². The molecule has 0 atom stereocenters. The number of pyridine rings is 1. The number of nitrogens with zero attached hydrogens (tertiary/aromatic N) is 3. The van der Waals surface area contributed by atoms with Gasteiger partial charge in [-0.1, -0.05) is 17.2 Å². The molecule has 4 rings (SSSR count). The van der Waals surface area contributed by atoms with Gasteiger partial charge in [0.1, 0.15) is 5.02 Å². The number of amides is 1. The van der Waals surface area contributed by atoms with Crippen LogP contribution in [0.5, 0.6) is 0 Å². The number of halogens is 2. The van der Waals surface area contributed by atoms with Crippen LogP contribution in [0.2, 0.25) is 5.02 Å². The van der Waals surface area contributed by atoms with Crippen LogP contribution in [0.15, 0.2) is 34.4 Å². The third kappa shape index (κ3) is 4.52. The van der Waals surface area contributed by atoms with Gasteiger partial charge in [0.05, 0.1) is 17.2 Å². The number of carbonyl (C=O) groups is 1. The number of piperidine rings is 1. The topological polar surface area (TPSA) is 85.6 Å². The second-order valence-electron chi connectivity index (χ2n) is 7.90. The number of fused-ring (bicyclic) bond motifs is 2. The smallest absolute Gasteiger partial charge is 0.409 e. The summed E-state index contributed by atoms with van der Waals surface area (Å²) in [7, 11) is 0. The molecule has 168 valence electrons. The molecule has 1 aliphatic carbocycles. The maximum absolute atomic E-state index is 12.2. The summed E-state index contributed by atoms with van der Waals surface area (Å²) < 4.78 is 6.05. The number of aromatic nitrogens is 1. The van der Waals surface area contributed by atoms with Crippen molar-refractivity contribution in [2.24, 2.45) is 0 Å². The average Bonchev–Trinajstić information content (AvgIpc) is 2.75. The van der Waals surface area contributed by atoms with Crippen LogP contribution in [0.4, 0.5) is 10.5 Å². The summed E-state index contributed by atoms with van der Waals surface area (Å²) in [5.41, 5.74) is 5.74. The number of ether oxygens (including phenoxy) is 1. The highest BCUT2D eigenvalue weighted by molar-refractivity contribution is 9.10. The average molecular weight is 521 g/mol. The van der Waals surface area contributed by atoms with Crippen LogP contribution in [0.3, 0.4) is 0 Å². The SMILES string of the molecule is CCOC(=O)N1CCC(=C2c3cc([N+](=O)[O-])c(Cl)cc3CCCc3cc(Br)cnc32)CC1. The molecule has 1 aromatic carbocycles. The van der Waals surface area contributed by atoms with E-state index in [4.69, 9.17) is 21.3 Å². The van der Waals surface area contributed by atoms with E-state index in [9.17, 15) is 14.9 Å². The minimum Gasteiger partial charge on any atom is -0.450 e. The Morgan fingerprint density at radius 1 is 1.22 bits per heavy atom. The molecule has 0 spiro atoms. The van der Waals surface area contributed by atoms with E-state index in [-0.39, 0.29) is 16.8 Å². The predicted octanol–water partition coefficient (Wildman–Crippen LogP) is 5.95. The fourth-order valence-electron chi connectivity index (χ4n) is 4.46. The summed E-state index contributed by atoms with van der Waals surface area (Å²) in [6.45, 7) is 3.20. The fraction of sp³-hybridized carbons (Fsp3) is 0.391. The Morgan fingerprint density at radius 2 is 1.94 bits per heavy atom. The third-order valence-electron chi connectivity index (χ3n) is 5.95. The van der Waals surface area contributed by atoms with E-state index in [1.165, 1.54) is 0 Å². The molecule has 32 heavy (non-hydrogen) atoms. The molecule has 1 fully saturated rings. The Kier molecular flexibility index (Phi) is 6.81. The van der Waals surface area contributed by atoms with Crippen LogP contribution in [-0.4, -0.2) is 40.6 Å². The Labute approximate surface area is 199 Å². The second kappa shape index (κ2) is 9.58. The van der Waals surface area contributed by atoms with E-state index in [2.05, 4.69) is 22.0 Å². The molecule has 1 amide bonds. The molecule has 0 N–H and O–H groups in total. The first-order chi connectivity index (χ1) is 15.4. The molecule has 2 heterocycles. The normalized spacial score (nSPS) is 16.0. The maximum atomic E-state index is 12.2. The zero-order chi connectivity index (χ0) is 22.8. The van der Waals surface area contributed by atoms with Crippen molar-refractivity contribution < 1.29 is 14.5 Å². The Morgan fingerprint density at radius 3 is 2.62 bits per heavy atom. The van der Waals surface area contributed by atoms with Crippen molar-refractivity contribution >= 4 is 44.9 Å². The number of rotatable bonds is 2. The van der Waals surface area contributed by atoms with Crippen LogP contribution in [-0.2, 0) is 17.6 Å². The van der Waals surface area contributed by atoms with Gasteiger partial charge in [-0.3, -0.25) is 15.1 Å². The summed E-state index contributed by atoms with van der Waals surface area (Å²) in [4.78, 5) is 29.8. The first-order valence-electron chi connectivity index (χ1n) is 10.6. The lowest BCUT2D eigenvalue weighted by Crippen LogP contribution is -2.37. The lowest BCUT2D eigenvalue weighted by Gasteiger charge is -2.30. The number of nitro groups is 1. The van der Waals surface area contributed by atoms with Gasteiger partial charge >= 0.3 is 6.09 Å². The Hall–Kier alpha value is -2.45. The summed E-state index contributed by atoms with van der Waals surface area (Å²) in [5.74, 6) is 0. The Bertz CT molecular complexity index is 1110. The lowest BCUT2D eigenvalue weighted by atomic mass is 9.83. The van der Waals surface area contributed by atoms with Gasteiger partial charge in [-0.2, -0.15) is 0 Å². The van der Waals surface area contributed by atoms with Gasteiger partial charge in [-0.25, -0.2) is 4.79 Å². The molecular formula is C23H23BrClN3O4. The van der Waals surface area contributed by atoms with Crippen LogP contribution in [0.25, 0.3) is 5.57 Å². The Balaban J connectivity index is 1.87. The van der Waals surface area contributed by atoms with Gasteiger partial charge in [0.15, 0.2) is 0 Å². The van der Waals surface area contributed by atoms with Crippen molar-refractivity contribution in [1.29, 1.82) is 0 Å². The number of hydrogen-bond donors (Lipinski definition) is 0. The highest BCUT2D eigenvalue weighted by Crippen LogP contribution is 2.41. The van der Waals surface area contributed by atoms with E-state index < -0.39 is 4.92 Å². The van der Waals surface area contributed by atoms with E-state index in [1.54, 1.807) is 30.2 Å². The molecule has 7 nitrogen and oxygen atoms in total. The third-order valence-corrected chi connectivity index (χ3v) is 6.68. The van der Waals surface area contributed by atoms with E-state index in [1.807, 2.05) is 0 Å². The summed E-state index contributed by atoms with van der Waals surface area (Å²) in [6.07, 6.45) is 5.28. The quantitative estimate of drug-likeness (QED) is 0.361. The van der Waals surface area contributed by atoms with E-state index in [0.717, 1.165) is 57.3 Å². The molecule has 2 aromatic rings. The zero-order valence-electron chi connectivity index (χ0n) is 17.7. The summed E-state index contributed by atoms with van der Waals surface area (Å²) in [5, 5.41) is 11.8. The molecule has 2 aliphatic rings. The lowest BCUT2D eigenvalue weighted by molar-refractivity contribution is -0.384.